The molecule has 0 saturated carbocycles. The number of carbonyl (C=O) groups is 1. The number of alkyl halides is 3. The Labute approximate surface area is 114 Å². The number of carbonyl (C=O) groups excluding carboxylic acids is 1. The molecule has 0 heterocycles. The Hall–Kier alpha value is -1.57. The van der Waals surface area contributed by atoms with E-state index in [2.05, 4.69) is 4.74 Å². The molecule has 0 amide bonds. The molecular formula is C12H13F3O4S. The number of rotatable bonds is 4. The van der Waals surface area contributed by atoms with Gasteiger partial charge in [-0.05, 0) is 17.7 Å². The van der Waals surface area contributed by atoms with Gasteiger partial charge < -0.3 is 4.74 Å². The molecule has 1 atom stereocenters. The van der Waals surface area contributed by atoms with E-state index in [0.717, 1.165) is 37.6 Å². The van der Waals surface area contributed by atoms with Crippen molar-refractivity contribution in [1.29, 1.82) is 0 Å². The second-order valence-electron chi connectivity index (χ2n) is 4.29. The zero-order valence-electron chi connectivity index (χ0n) is 10.8. The Kier molecular flexibility index (Phi) is 4.80. The van der Waals surface area contributed by atoms with Crippen LogP contribution in [0.1, 0.15) is 17.0 Å². The molecular weight excluding hydrogens is 297 g/mol. The van der Waals surface area contributed by atoms with Crippen molar-refractivity contribution in [3.05, 3.63) is 35.4 Å². The van der Waals surface area contributed by atoms with E-state index < -0.39 is 39.2 Å². The average molecular weight is 310 g/mol. The maximum Gasteiger partial charge on any atom is 0.416 e. The molecule has 20 heavy (non-hydrogen) atoms. The summed E-state index contributed by atoms with van der Waals surface area (Å²) < 4.78 is 64.3. The molecule has 1 aromatic rings. The van der Waals surface area contributed by atoms with Crippen LogP contribution < -0.4 is 0 Å². The van der Waals surface area contributed by atoms with E-state index in [9.17, 15) is 26.4 Å². The first-order valence-electron chi connectivity index (χ1n) is 5.47. The Bertz CT molecular complexity index is 576. The van der Waals surface area contributed by atoms with Crippen LogP contribution >= 0.6 is 0 Å². The fraction of sp³-hybridized carbons (Fsp3) is 0.417. The second-order valence-corrected chi connectivity index (χ2v) is 6.47. The topological polar surface area (TPSA) is 60.4 Å². The van der Waals surface area contributed by atoms with E-state index >= 15 is 0 Å². The molecule has 1 rings (SSSR count). The normalized spacial score (nSPS) is 13.8. The minimum Gasteiger partial charge on any atom is -0.469 e. The summed E-state index contributed by atoms with van der Waals surface area (Å²) in [5.41, 5.74) is -0.709. The summed E-state index contributed by atoms with van der Waals surface area (Å²) in [5, 5.41) is 0. The maximum atomic E-state index is 12.4. The van der Waals surface area contributed by atoms with Gasteiger partial charge in [-0.15, -0.1) is 0 Å². The van der Waals surface area contributed by atoms with Crippen LogP contribution in [0.15, 0.2) is 24.3 Å². The van der Waals surface area contributed by atoms with Crippen molar-refractivity contribution >= 4 is 15.8 Å². The highest BCUT2D eigenvalue weighted by molar-refractivity contribution is 7.90. The van der Waals surface area contributed by atoms with E-state index in [1.165, 1.54) is 0 Å². The zero-order chi connectivity index (χ0) is 15.6. The van der Waals surface area contributed by atoms with Crippen LogP contribution in [-0.4, -0.2) is 33.5 Å². The Morgan fingerprint density at radius 3 is 2.10 bits per heavy atom. The third-order valence-electron chi connectivity index (χ3n) is 2.60. The number of esters is 1. The molecule has 4 nitrogen and oxygen atoms in total. The van der Waals surface area contributed by atoms with Crippen molar-refractivity contribution < 1.29 is 31.1 Å². The van der Waals surface area contributed by atoms with Crippen LogP contribution in [0, 0.1) is 0 Å². The predicted octanol–water partition coefficient (Wildman–Crippen LogP) is 2.01. The molecule has 0 bridgehead atoms. The van der Waals surface area contributed by atoms with Gasteiger partial charge in [0.05, 0.1) is 24.3 Å². The van der Waals surface area contributed by atoms with Crippen molar-refractivity contribution in [3.63, 3.8) is 0 Å². The standard InChI is InChI=1S/C12H13F3O4S/c1-19-11(16)10(7-20(2,17)18)8-3-5-9(6-4-8)12(13,14)15/h3-6,10H,7H2,1-2H3. The van der Waals surface area contributed by atoms with E-state index in [-0.39, 0.29) is 5.56 Å². The Morgan fingerprint density at radius 2 is 1.75 bits per heavy atom. The van der Waals surface area contributed by atoms with Crippen LogP contribution in [0.25, 0.3) is 0 Å². The van der Waals surface area contributed by atoms with E-state index in [0.29, 0.717) is 0 Å². The third kappa shape index (κ3) is 4.52. The number of sulfone groups is 1. The molecule has 0 aliphatic heterocycles. The lowest BCUT2D eigenvalue weighted by atomic mass is 10.00. The lowest BCUT2D eigenvalue weighted by Crippen LogP contribution is -2.22. The monoisotopic (exact) mass is 310 g/mol. The number of halogens is 3. The average Bonchev–Trinajstić information content (AvgIpc) is 2.33. The Balaban J connectivity index is 3.12. The minimum atomic E-state index is -4.49. The van der Waals surface area contributed by atoms with Crippen LogP contribution in [0.3, 0.4) is 0 Å². The summed E-state index contributed by atoms with van der Waals surface area (Å²) in [6.45, 7) is 0. The molecule has 0 saturated heterocycles. The molecule has 112 valence electrons. The van der Waals surface area contributed by atoms with Crippen molar-refractivity contribution in [2.24, 2.45) is 0 Å². The van der Waals surface area contributed by atoms with Gasteiger partial charge in [0.25, 0.3) is 0 Å². The summed E-state index contributed by atoms with van der Waals surface area (Å²) in [6, 6.07) is 3.76. The Morgan fingerprint density at radius 1 is 1.25 bits per heavy atom. The van der Waals surface area contributed by atoms with Gasteiger partial charge in [0.15, 0.2) is 0 Å². The second kappa shape index (κ2) is 5.82. The fourth-order valence-corrected chi connectivity index (χ4v) is 2.58. The highest BCUT2D eigenvalue weighted by Crippen LogP contribution is 2.30. The van der Waals surface area contributed by atoms with Gasteiger partial charge in [0.1, 0.15) is 9.84 Å². The smallest absolute Gasteiger partial charge is 0.416 e. The molecule has 0 aromatic heterocycles. The first-order valence-corrected chi connectivity index (χ1v) is 7.53. The number of methoxy groups -OCH3 is 1. The van der Waals surface area contributed by atoms with Crippen LogP contribution in [0.2, 0.25) is 0 Å². The molecule has 8 heteroatoms. The molecule has 0 aliphatic carbocycles. The minimum absolute atomic E-state index is 0.162. The van der Waals surface area contributed by atoms with E-state index in [1.54, 1.807) is 0 Å². The van der Waals surface area contributed by atoms with Crippen molar-refractivity contribution in [2.45, 2.75) is 12.1 Å². The van der Waals surface area contributed by atoms with Crippen molar-refractivity contribution in [1.82, 2.24) is 0 Å². The summed E-state index contributed by atoms with van der Waals surface area (Å²) in [5.74, 6) is -2.47. The molecule has 0 fully saturated rings. The van der Waals surface area contributed by atoms with Crippen molar-refractivity contribution in [3.8, 4) is 0 Å². The summed E-state index contributed by atoms with van der Waals surface area (Å²) >= 11 is 0. The largest absolute Gasteiger partial charge is 0.469 e. The molecule has 0 N–H and O–H groups in total. The number of ether oxygens (including phenoxy) is 1. The predicted molar refractivity (Wildman–Crippen MR) is 65.9 cm³/mol. The molecule has 1 aromatic carbocycles. The molecule has 1 unspecified atom stereocenters. The van der Waals surface area contributed by atoms with Gasteiger partial charge in [-0.1, -0.05) is 12.1 Å². The molecule has 0 aliphatic rings. The SMILES string of the molecule is COC(=O)C(CS(C)(=O)=O)c1ccc(C(F)(F)F)cc1. The number of hydrogen-bond acceptors (Lipinski definition) is 4. The van der Waals surface area contributed by atoms with Gasteiger partial charge in [-0.2, -0.15) is 13.2 Å². The quantitative estimate of drug-likeness (QED) is 0.798. The van der Waals surface area contributed by atoms with Gasteiger partial charge >= 0.3 is 12.1 Å². The van der Waals surface area contributed by atoms with Crippen LogP contribution in [0.5, 0.6) is 0 Å². The van der Waals surface area contributed by atoms with Gasteiger partial charge in [0.2, 0.25) is 0 Å². The van der Waals surface area contributed by atoms with Crippen molar-refractivity contribution in [2.75, 3.05) is 19.1 Å². The first kappa shape index (κ1) is 16.5. The van der Waals surface area contributed by atoms with Gasteiger partial charge in [0, 0.05) is 6.26 Å². The summed E-state index contributed by atoms with van der Waals surface area (Å²) in [7, 11) is -2.40. The van der Waals surface area contributed by atoms with E-state index in [1.807, 2.05) is 0 Å². The molecule has 0 radical (unpaired) electrons. The van der Waals surface area contributed by atoms with E-state index in [4.69, 9.17) is 0 Å². The third-order valence-corrected chi connectivity index (χ3v) is 3.53. The summed E-state index contributed by atoms with van der Waals surface area (Å²) in [6.07, 6.45) is -3.55. The van der Waals surface area contributed by atoms with Gasteiger partial charge in [-0.3, -0.25) is 4.79 Å². The maximum absolute atomic E-state index is 12.4. The summed E-state index contributed by atoms with van der Waals surface area (Å²) in [4.78, 5) is 11.6. The van der Waals surface area contributed by atoms with Crippen LogP contribution in [-0.2, 0) is 25.5 Å². The molecule has 0 spiro atoms. The highest BCUT2D eigenvalue weighted by Gasteiger charge is 2.31. The zero-order valence-corrected chi connectivity index (χ0v) is 11.6. The first-order chi connectivity index (χ1) is 9.04. The number of benzene rings is 1. The fourth-order valence-electron chi connectivity index (χ4n) is 1.65. The lowest BCUT2D eigenvalue weighted by Gasteiger charge is -2.15. The van der Waals surface area contributed by atoms with Gasteiger partial charge in [-0.25, -0.2) is 8.42 Å². The lowest BCUT2D eigenvalue weighted by molar-refractivity contribution is -0.141. The number of hydrogen-bond donors (Lipinski definition) is 0. The van der Waals surface area contributed by atoms with Crippen LogP contribution in [0.4, 0.5) is 13.2 Å². The highest BCUT2D eigenvalue weighted by atomic mass is 32.2.